The standard InChI is InChI=1S/C21H21N3O6S/c1-28-17-11-14(12-18(29-2)20(17)30-3)21(25)22-15-7-5-13(6-8-15)16-9-10-19(24-23-16)31(4,26)27/h5-12H,1-4H3,(H,22,25). The molecule has 31 heavy (non-hydrogen) atoms. The highest BCUT2D eigenvalue weighted by Gasteiger charge is 2.17. The van der Waals surface area contributed by atoms with E-state index in [9.17, 15) is 13.2 Å². The van der Waals surface area contributed by atoms with E-state index in [-0.39, 0.29) is 10.9 Å². The fraction of sp³-hybridized carbons (Fsp3) is 0.190. The first kappa shape index (κ1) is 22.0. The Labute approximate surface area is 179 Å². The second kappa shape index (κ2) is 9.00. The van der Waals surface area contributed by atoms with Crippen molar-refractivity contribution in [1.82, 2.24) is 10.2 Å². The van der Waals surface area contributed by atoms with Crippen molar-refractivity contribution in [2.24, 2.45) is 0 Å². The van der Waals surface area contributed by atoms with Gasteiger partial charge in [-0.05, 0) is 36.4 Å². The van der Waals surface area contributed by atoms with Gasteiger partial charge in [-0.15, -0.1) is 10.2 Å². The van der Waals surface area contributed by atoms with E-state index in [2.05, 4.69) is 15.5 Å². The molecule has 10 heteroatoms. The molecule has 0 aliphatic rings. The molecule has 0 saturated carbocycles. The molecule has 1 heterocycles. The van der Waals surface area contributed by atoms with Crippen molar-refractivity contribution in [3.05, 3.63) is 54.1 Å². The lowest BCUT2D eigenvalue weighted by atomic mass is 10.1. The smallest absolute Gasteiger partial charge is 0.255 e. The van der Waals surface area contributed by atoms with Crippen LogP contribution in [0.25, 0.3) is 11.3 Å². The van der Waals surface area contributed by atoms with Gasteiger partial charge in [-0.3, -0.25) is 4.79 Å². The Morgan fingerprint density at radius 3 is 1.94 bits per heavy atom. The molecule has 1 N–H and O–H groups in total. The Bertz CT molecular complexity index is 1170. The van der Waals surface area contributed by atoms with E-state index in [1.165, 1.54) is 27.4 Å². The highest BCUT2D eigenvalue weighted by molar-refractivity contribution is 7.90. The van der Waals surface area contributed by atoms with E-state index in [4.69, 9.17) is 14.2 Å². The molecule has 1 amide bonds. The molecule has 3 rings (SSSR count). The van der Waals surface area contributed by atoms with Gasteiger partial charge < -0.3 is 19.5 Å². The molecule has 0 aliphatic carbocycles. The highest BCUT2D eigenvalue weighted by atomic mass is 32.2. The topological polar surface area (TPSA) is 117 Å². The Morgan fingerprint density at radius 1 is 0.871 bits per heavy atom. The van der Waals surface area contributed by atoms with E-state index in [1.54, 1.807) is 42.5 Å². The van der Waals surface area contributed by atoms with Crippen LogP contribution in [0.3, 0.4) is 0 Å². The molecule has 0 spiro atoms. The summed E-state index contributed by atoms with van der Waals surface area (Å²) in [6.45, 7) is 0. The molecule has 9 nitrogen and oxygen atoms in total. The number of nitrogens with zero attached hydrogens (tertiary/aromatic N) is 2. The van der Waals surface area contributed by atoms with Gasteiger partial charge in [-0.1, -0.05) is 12.1 Å². The summed E-state index contributed by atoms with van der Waals surface area (Å²) in [6.07, 6.45) is 1.07. The summed E-state index contributed by atoms with van der Waals surface area (Å²) in [7, 11) is 1.03. The van der Waals surface area contributed by atoms with Gasteiger partial charge in [0.1, 0.15) is 0 Å². The van der Waals surface area contributed by atoms with Crippen molar-refractivity contribution in [2.75, 3.05) is 32.9 Å². The van der Waals surface area contributed by atoms with Crippen LogP contribution in [0.4, 0.5) is 5.69 Å². The summed E-state index contributed by atoms with van der Waals surface area (Å²) in [5, 5.41) is 10.4. The number of hydrogen-bond acceptors (Lipinski definition) is 8. The van der Waals surface area contributed by atoms with Gasteiger partial charge >= 0.3 is 0 Å². The van der Waals surface area contributed by atoms with Crippen LogP contribution >= 0.6 is 0 Å². The SMILES string of the molecule is COc1cc(C(=O)Nc2ccc(-c3ccc(S(C)(=O)=O)nn3)cc2)cc(OC)c1OC. The second-order valence-corrected chi connectivity index (χ2v) is 8.44. The number of benzene rings is 2. The molecule has 0 fully saturated rings. The number of sulfone groups is 1. The lowest BCUT2D eigenvalue weighted by Crippen LogP contribution is -2.12. The van der Waals surface area contributed by atoms with Crippen molar-refractivity contribution >= 4 is 21.4 Å². The summed E-state index contributed by atoms with van der Waals surface area (Å²) in [5.74, 6) is 0.787. The molecule has 3 aromatic rings. The molecule has 0 atom stereocenters. The number of ether oxygens (including phenoxy) is 3. The molecular weight excluding hydrogens is 422 g/mol. The summed E-state index contributed by atoms with van der Waals surface area (Å²) in [6, 6.07) is 13.0. The fourth-order valence-corrected chi connectivity index (χ4v) is 3.32. The average Bonchev–Trinajstić information content (AvgIpc) is 2.78. The van der Waals surface area contributed by atoms with Gasteiger partial charge in [0, 0.05) is 23.1 Å². The average molecular weight is 443 g/mol. The Morgan fingerprint density at radius 2 is 1.48 bits per heavy atom. The van der Waals surface area contributed by atoms with Crippen molar-refractivity contribution < 1.29 is 27.4 Å². The maximum Gasteiger partial charge on any atom is 0.255 e. The zero-order valence-corrected chi connectivity index (χ0v) is 18.2. The van der Waals surface area contributed by atoms with Crippen molar-refractivity contribution in [1.29, 1.82) is 0 Å². The van der Waals surface area contributed by atoms with Gasteiger partial charge in [0.25, 0.3) is 5.91 Å². The van der Waals surface area contributed by atoms with Gasteiger partial charge in [0.05, 0.1) is 27.0 Å². The number of amides is 1. The summed E-state index contributed by atoms with van der Waals surface area (Å²) < 4.78 is 38.8. The number of rotatable bonds is 7. The third-order valence-electron chi connectivity index (χ3n) is 4.39. The number of carbonyl (C=O) groups excluding carboxylic acids is 1. The van der Waals surface area contributed by atoms with Crippen LogP contribution in [0.5, 0.6) is 17.2 Å². The van der Waals surface area contributed by atoms with Crippen molar-refractivity contribution in [2.45, 2.75) is 5.03 Å². The minimum atomic E-state index is -3.41. The van der Waals surface area contributed by atoms with Crippen LogP contribution in [0.1, 0.15) is 10.4 Å². The number of methoxy groups -OCH3 is 3. The predicted molar refractivity (Wildman–Crippen MR) is 115 cm³/mol. The summed E-state index contributed by atoms with van der Waals surface area (Å²) in [5.41, 5.74) is 2.12. The number of hydrogen-bond donors (Lipinski definition) is 1. The second-order valence-electron chi connectivity index (χ2n) is 6.47. The minimum Gasteiger partial charge on any atom is -0.493 e. The van der Waals surface area contributed by atoms with Crippen LogP contribution in [0.2, 0.25) is 0 Å². The zero-order valence-electron chi connectivity index (χ0n) is 17.4. The van der Waals surface area contributed by atoms with Crippen LogP contribution in [-0.4, -0.2) is 52.1 Å². The monoisotopic (exact) mass is 443 g/mol. The van der Waals surface area contributed by atoms with Gasteiger partial charge in [0.15, 0.2) is 26.4 Å². The highest BCUT2D eigenvalue weighted by Crippen LogP contribution is 2.38. The largest absolute Gasteiger partial charge is 0.493 e. The number of carbonyl (C=O) groups is 1. The fourth-order valence-electron chi connectivity index (χ4n) is 2.81. The molecular formula is C21H21N3O6S. The molecule has 162 valence electrons. The third kappa shape index (κ3) is 4.92. The zero-order chi connectivity index (χ0) is 22.6. The number of nitrogens with one attached hydrogen (secondary N) is 1. The first-order valence-corrected chi connectivity index (χ1v) is 10.9. The van der Waals surface area contributed by atoms with E-state index < -0.39 is 9.84 Å². The lowest BCUT2D eigenvalue weighted by molar-refractivity contribution is 0.102. The van der Waals surface area contributed by atoms with E-state index in [1.807, 2.05) is 0 Å². The van der Waals surface area contributed by atoms with Crippen molar-refractivity contribution in [3.8, 4) is 28.5 Å². The van der Waals surface area contributed by atoms with Crippen LogP contribution in [0, 0.1) is 0 Å². The van der Waals surface area contributed by atoms with Crippen LogP contribution in [0.15, 0.2) is 53.6 Å². The molecule has 2 aromatic carbocycles. The quantitative estimate of drug-likeness (QED) is 0.592. The van der Waals surface area contributed by atoms with E-state index in [0.717, 1.165) is 11.8 Å². The van der Waals surface area contributed by atoms with Gasteiger partial charge in [-0.2, -0.15) is 0 Å². The Kier molecular flexibility index (Phi) is 6.40. The third-order valence-corrected chi connectivity index (χ3v) is 5.36. The molecule has 0 saturated heterocycles. The first-order valence-electron chi connectivity index (χ1n) is 9.02. The van der Waals surface area contributed by atoms with E-state index >= 15 is 0 Å². The maximum absolute atomic E-state index is 12.7. The summed E-state index contributed by atoms with van der Waals surface area (Å²) >= 11 is 0. The van der Waals surface area contributed by atoms with Gasteiger partial charge in [-0.25, -0.2) is 8.42 Å². The molecule has 0 bridgehead atoms. The number of anilines is 1. The van der Waals surface area contributed by atoms with Crippen molar-refractivity contribution in [3.63, 3.8) is 0 Å². The molecule has 1 aromatic heterocycles. The lowest BCUT2D eigenvalue weighted by Gasteiger charge is -2.14. The first-order chi connectivity index (χ1) is 14.8. The molecule has 0 aliphatic heterocycles. The maximum atomic E-state index is 12.7. The number of aromatic nitrogens is 2. The van der Waals surface area contributed by atoms with Crippen LogP contribution < -0.4 is 19.5 Å². The van der Waals surface area contributed by atoms with Crippen LogP contribution in [-0.2, 0) is 9.84 Å². The Balaban J connectivity index is 1.79. The predicted octanol–water partition coefficient (Wildman–Crippen LogP) is 2.83. The molecule has 0 unspecified atom stereocenters. The molecule has 0 radical (unpaired) electrons. The minimum absolute atomic E-state index is 0.0921. The normalized spacial score (nSPS) is 11.0. The summed E-state index contributed by atoms with van der Waals surface area (Å²) in [4.78, 5) is 12.7. The Hall–Kier alpha value is -3.66. The van der Waals surface area contributed by atoms with Gasteiger partial charge in [0.2, 0.25) is 5.75 Å². The van der Waals surface area contributed by atoms with E-state index in [0.29, 0.717) is 34.2 Å².